The number of pyridine rings is 1. The van der Waals surface area contributed by atoms with E-state index in [-0.39, 0.29) is 6.61 Å². The average Bonchev–Trinajstić information content (AvgIpc) is 2.17. The van der Waals surface area contributed by atoms with Gasteiger partial charge in [-0.1, -0.05) is 6.07 Å². The molecule has 0 aromatic carbocycles. The van der Waals surface area contributed by atoms with Crippen molar-refractivity contribution in [3.63, 3.8) is 0 Å². The molecule has 1 heterocycles. The molecule has 0 bridgehead atoms. The average molecular weight is 166 g/mol. The highest BCUT2D eigenvalue weighted by atomic mass is 16.3. The van der Waals surface area contributed by atoms with Gasteiger partial charge >= 0.3 is 0 Å². The number of carbonyl (C=O) groups is 1. The molecule has 0 fully saturated rings. The zero-order chi connectivity index (χ0) is 8.97. The molecule has 1 aromatic heterocycles. The third-order valence-electron chi connectivity index (χ3n) is 1.55. The Balaban J connectivity index is 2.84. The van der Waals surface area contributed by atoms with Gasteiger partial charge in [-0.25, -0.2) is 0 Å². The number of rotatable bonds is 3. The molecular formula is C8H10N2O2. The number of aliphatic hydroxyl groups excluding tert-OH is 1. The van der Waals surface area contributed by atoms with Crippen LogP contribution in [0.4, 0.5) is 0 Å². The van der Waals surface area contributed by atoms with E-state index in [1.54, 1.807) is 12.1 Å². The van der Waals surface area contributed by atoms with Gasteiger partial charge in [-0.2, -0.15) is 0 Å². The third-order valence-corrected chi connectivity index (χ3v) is 1.55. The van der Waals surface area contributed by atoms with Crippen LogP contribution in [0.5, 0.6) is 0 Å². The van der Waals surface area contributed by atoms with Gasteiger partial charge in [0.2, 0.25) is 0 Å². The molecule has 1 unspecified atom stereocenters. The van der Waals surface area contributed by atoms with Crippen molar-refractivity contribution < 1.29 is 9.90 Å². The van der Waals surface area contributed by atoms with Crippen LogP contribution in [0.25, 0.3) is 0 Å². The Morgan fingerprint density at radius 3 is 2.83 bits per heavy atom. The van der Waals surface area contributed by atoms with E-state index in [1.807, 2.05) is 0 Å². The number of aliphatic hydroxyl groups is 1. The summed E-state index contributed by atoms with van der Waals surface area (Å²) in [6.07, 6.45) is 2.15. The van der Waals surface area contributed by atoms with Crippen LogP contribution in [0.2, 0.25) is 0 Å². The van der Waals surface area contributed by atoms with Gasteiger partial charge in [-0.3, -0.25) is 9.78 Å². The fraction of sp³-hybridized carbons (Fsp3) is 0.250. The molecule has 4 nitrogen and oxygen atoms in total. The van der Waals surface area contributed by atoms with Crippen molar-refractivity contribution in [2.75, 3.05) is 6.61 Å². The van der Waals surface area contributed by atoms with Crippen LogP contribution in [0, 0.1) is 0 Å². The largest absolute Gasteiger partial charge is 0.394 e. The minimum absolute atomic E-state index is 0.123. The van der Waals surface area contributed by atoms with Crippen molar-refractivity contribution in [1.82, 2.24) is 4.98 Å². The zero-order valence-corrected chi connectivity index (χ0v) is 6.47. The molecule has 0 aliphatic rings. The summed E-state index contributed by atoms with van der Waals surface area (Å²) in [5.74, 6) is 0. The fourth-order valence-corrected chi connectivity index (χ4v) is 0.811. The van der Waals surface area contributed by atoms with E-state index in [4.69, 9.17) is 10.8 Å². The minimum Gasteiger partial charge on any atom is -0.394 e. The number of nitrogens with two attached hydrogens (primary N) is 1. The van der Waals surface area contributed by atoms with Crippen LogP contribution < -0.4 is 5.73 Å². The molecule has 0 spiro atoms. The maximum atomic E-state index is 10.2. The Hall–Kier alpha value is -1.26. The van der Waals surface area contributed by atoms with E-state index in [0.717, 1.165) is 5.56 Å². The Bertz CT molecular complexity index is 258. The standard InChI is InChI=1S/C8H10N2O2/c9-8(5-12)6-1-2-7(4-11)10-3-6/h1-4,8,12H,5,9H2. The van der Waals surface area contributed by atoms with E-state index in [2.05, 4.69) is 4.98 Å². The number of aldehydes is 1. The lowest BCUT2D eigenvalue weighted by molar-refractivity contribution is 0.111. The molecule has 0 saturated carbocycles. The lowest BCUT2D eigenvalue weighted by Gasteiger charge is -2.06. The molecule has 0 radical (unpaired) electrons. The zero-order valence-electron chi connectivity index (χ0n) is 6.47. The molecule has 1 atom stereocenters. The van der Waals surface area contributed by atoms with Gasteiger partial charge < -0.3 is 10.8 Å². The lowest BCUT2D eigenvalue weighted by atomic mass is 10.1. The summed E-state index contributed by atoms with van der Waals surface area (Å²) in [5, 5.41) is 8.69. The molecule has 4 heteroatoms. The highest BCUT2D eigenvalue weighted by Gasteiger charge is 2.03. The third kappa shape index (κ3) is 1.87. The summed E-state index contributed by atoms with van der Waals surface area (Å²) >= 11 is 0. The van der Waals surface area contributed by atoms with Crippen molar-refractivity contribution in [3.8, 4) is 0 Å². The smallest absolute Gasteiger partial charge is 0.168 e. The molecule has 0 aliphatic carbocycles. The molecule has 64 valence electrons. The normalized spacial score (nSPS) is 12.5. The summed E-state index contributed by atoms with van der Waals surface area (Å²) in [6.45, 7) is -0.123. The van der Waals surface area contributed by atoms with Gasteiger partial charge in [0.1, 0.15) is 5.69 Å². The molecular weight excluding hydrogens is 156 g/mol. The number of nitrogens with zero attached hydrogens (tertiary/aromatic N) is 1. The summed E-state index contributed by atoms with van der Waals surface area (Å²) in [5.41, 5.74) is 6.60. The first kappa shape index (κ1) is 8.83. The van der Waals surface area contributed by atoms with Gasteiger partial charge in [0.05, 0.1) is 12.6 Å². The van der Waals surface area contributed by atoms with E-state index in [1.165, 1.54) is 6.20 Å². The predicted octanol–water partition coefficient (Wildman–Crippen LogP) is -0.114. The number of carbonyl (C=O) groups excluding carboxylic acids is 1. The van der Waals surface area contributed by atoms with E-state index < -0.39 is 6.04 Å². The minimum atomic E-state index is -0.418. The van der Waals surface area contributed by atoms with Gasteiger partial charge in [0.15, 0.2) is 6.29 Å². The molecule has 3 N–H and O–H groups in total. The Kier molecular flexibility index (Phi) is 2.90. The number of aromatic nitrogens is 1. The second-order valence-electron chi connectivity index (χ2n) is 2.42. The SMILES string of the molecule is NC(CO)c1ccc(C=O)nc1. The highest BCUT2D eigenvalue weighted by Crippen LogP contribution is 2.07. The van der Waals surface area contributed by atoms with Crippen LogP contribution >= 0.6 is 0 Å². The molecule has 0 amide bonds. The van der Waals surface area contributed by atoms with Crippen LogP contribution in [0.1, 0.15) is 22.1 Å². The van der Waals surface area contributed by atoms with E-state index in [0.29, 0.717) is 12.0 Å². The Morgan fingerprint density at radius 2 is 2.42 bits per heavy atom. The molecule has 0 aliphatic heterocycles. The van der Waals surface area contributed by atoms with Crippen molar-refractivity contribution in [3.05, 3.63) is 29.6 Å². The summed E-state index contributed by atoms with van der Waals surface area (Å²) in [4.78, 5) is 14.0. The maximum Gasteiger partial charge on any atom is 0.168 e. The Morgan fingerprint density at radius 1 is 1.67 bits per heavy atom. The molecule has 1 aromatic rings. The predicted molar refractivity (Wildman–Crippen MR) is 43.6 cm³/mol. The van der Waals surface area contributed by atoms with Crippen molar-refractivity contribution in [1.29, 1.82) is 0 Å². The Labute approximate surface area is 70.0 Å². The van der Waals surface area contributed by atoms with E-state index >= 15 is 0 Å². The van der Waals surface area contributed by atoms with Crippen LogP contribution in [0.15, 0.2) is 18.3 Å². The summed E-state index contributed by atoms with van der Waals surface area (Å²) < 4.78 is 0. The van der Waals surface area contributed by atoms with Crippen molar-refractivity contribution >= 4 is 6.29 Å². The van der Waals surface area contributed by atoms with Crippen LogP contribution in [0.3, 0.4) is 0 Å². The van der Waals surface area contributed by atoms with Gasteiger partial charge in [0.25, 0.3) is 0 Å². The highest BCUT2D eigenvalue weighted by molar-refractivity contribution is 5.71. The monoisotopic (exact) mass is 166 g/mol. The van der Waals surface area contributed by atoms with Crippen molar-refractivity contribution in [2.24, 2.45) is 5.73 Å². The second kappa shape index (κ2) is 3.94. The summed E-state index contributed by atoms with van der Waals surface area (Å²) in [7, 11) is 0. The van der Waals surface area contributed by atoms with E-state index in [9.17, 15) is 4.79 Å². The van der Waals surface area contributed by atoms with Gasteiger partial charge in [-0.15, -0.1) is 0 Å². The maximum absolute atomic E-state index is 10.2. The fourth-order valence-electron chi connectivity index (χ4n) is 0.811. The first-order valence-corrected chi connectivity index (χ1v) is 3.55. The van der Waals surface area contributed by atoms with Crippen LogP contribution in [-0.4, -0.2) is 23.0 Å². The summed E-state index contributed by atoms with van der Waals surface area (Å²) in [6, 6.07) is 2.83. The molecule has 0 saturated heterocycles. The number of hydrogen-bond donors (Lipinski definition) is 2. The van der Waals surface area contributed by atoms with Gasteiger partial charge in [0, 0.05) is 6.20 Å². The van der Waals surface area contributed by atoms with Crippen LogP contribution in [-0.2, 0) is 0 Å². The second-order valence-corrected chi connectivity index (χ2v) is 2.42. The topological polar surface area (TPSA) is 76.2 Å². The van der Waals surface area contributed by atoms with Gasteiger partial charge in [-0.05, 0) is 11.6 Å². The lowest BCUT2D eigenvalue weighted by Crippen LogP contribution is -2.14. The van der Waals surface area contributed by atoms with Crippen molar-refractivity contribution in [2.45, 2.75) is 6.04 Å². The molecule has 12 heavy (non-hydrogen) atoms. The number of hydrogen-bond acceptors (Lipinski definition) is 4. The first-order valence-electron chi connectivity index (χ1n) is 3.55. The first-order chi connectivity index (χ1) is 5.77. The molecule has 1 rings (SSSR count). The quantitative estimate of drug-likeness (QED) is 0.614.